The van der Waals surface area contributed by atoms with Gasteiger partial charge in [-0.1, -0.05) is 30.3 Å². The van der Waals surface area contributed by atoms with Crippen molar-refractivity contribution < 1.29 is 23.5 Å². The molecule has 1 amide bonds. The molecule has 1 atom stereocenters. The molecule has 0 spiro atoms. The lowest BCUT2D eigenvalue weighted by Crippen LogP contribution is -2.25. The summed E-state index contributed by atoms with van der Waals surface area (Å²) in [4.78, 5) is 40.8. The molecule has 4 aromatic rings. The Morgan fingerprint density at radius 1 is 0.967 bits per heavy atom. The zero-order valence-electron chi connectivity index (χ0n) is 16.0. The number of fused-ring (bicyclic) bond motifs is 1. The molecule has 30 heavy (non-hydrogen) atoms. The molecule has 2 aromatic heterocycles. The van der Waals surface area contributed by atoms with Crippen molar-refractivity contribution in [2.75, 3.05) is 5.32 Å². The molecular weight excluding hydrogens is 384 g/mol. The minimum Gasteiger partial charge on any atom is -0.459 e. The van der Waals surface area contributed by atoms with Gasteiger partial charge in [-0.2, -0.15) is 0 Å². The number of nitrogens with one attached hydrogen (secondary N) is 2. The van der Waals surface area contributed by atoms with Gasteiger partial charge in [-0.05, 0) is 37.3 Å². The van der Waals surface area contributed by atoms with Crippen molar-refractivity contribution in [1.82, 2.24) is 4.98 Å². The third kappa shape index (κ3) is 3.73. The normalized spacial score (nSPS) is 11.8. The number of furan rings is 1. The number of carbonyl (C=O) groups is 3. The third-order valence-electron chi connectivity index (χ3n) is 4.65. The lowest BCUT2D eigenvalue weighted by molar-refractivity contribution is 0.0320. The number of esters is 1. The van der Waals surface area contributed by atoms with Crippen LogP contribution in [0.4, 0.5) is 5.69 Å². The van der Waals surface area contributed by atoms with Gasteiger partial charge in [0.05, 0.1) is 17.5 Å². The summed E-state index contributed by atoms with van der Waals surface area (Å²) in [6.45, 7) is 1.52. The standard InChI is InChI=1S/C23H18N2O5/c1-14(21(26)17-13-24-18-9-4-2-7-15(17)18)30-23(28)16-8-3-5-10-19(16)25-22(27)20-11-6-12-29-20/h2-14,24H,1H3,(H,25,27). The highest BCUT2D eigenvalue weighted by Gasteiger charge is 2.24. The van der Waals surface area contributed by atoms with Crippen molar-refractivity contribution in [3.05, 3.63) is 90.0 Å². The van der Waals surface area contributed by atoms with E-state index < -0.39 is 18.0 Å². The van der Waals surface area contributed by atoms with Crippen molar-refractivity contribution in [3.63, 3.8) is 0 Å². The maximum Gasteiger partial charge on any atom is 0.340 e. The van der Waals surface area contributed by atoms with E-state index in [1.165, 1.54) is 25.3 Å². The number of aromatic nitrogens is 1. The molecule has 0 fully saturated rings. The van der Waals surface area contributed by atoms with Crippen LogP contribution in [0.5, 0.6) is 0 Å². The monoisotopic (exact) mass is 402 g/mol. The predicted octanol–water partition coefficient (Wildman–Crippen LogP) is 4.44. The summed E-state index contributed by atoms with van der Waals surface area (Å²) in [5.41, 5.74) is 1.67. The largest absolute Gasteiger partial charge is 0.459 e. The quantitative estimate of drug-likeness (QED) is 0.367. The van der Waals surface area contributed by atoms with Gasteiger partial charge in [0.1, 0.15) is 0 Å². The summed E-state index contributed by atoms with van der Waals surface area (Å²) in [7, 11) is 0. The highest BCUT2D eigenvalue weighted by molar-refractivity contribution is 6.11. The number of rotatable bonds is 6. The van der Waals surface area contributed by atoms with Crippen molar-refractivity contribution in [2.45, 2.75) is 13.0 Å². The summed E-state index contributed by atoms with van der Waals surface area (Å²) in [5.74, 6) is -1.42. The molecule has 0 saturated carbocycles. The molecule has 2 heterocycles. The Morgan fingerprint density at radius 3 is 2.53 bits per heavy atom. The minimum absolute atomic E-state index is 0.112. The van der Waals surface area contributed by atoms with Crippen LogP contribution in [0.1, 0.15) is 38.2 Å². The molecule has 0 bridgehead atoms. The van der Waals surface area contributed by atoms with E-state index in [-0.39, 0.29) is 22.8 Å². The van der Waals surface area contributed by atoms with Crippen molar-refractivity contribution in [2.24, 2.45) is 0 Å². The van der Waals surface area contributed by atoms with Crippen molar-refractivity contribution in [1.29, 1.82) is 0 Å². The lowest BCUT2D eigenvalue weighted by atomic mass is 10.1. The topological polar surface area (TPSA) is 101 Å². The van der Waals surface area contributed by atoms with Gasteiger partial charge in [0.15, 0.2) is 11.9 Å². The first-order chi connectivity index (χ1) is 14.5. The number of ketones is 1. The van der Waals surface area contributed by atoms with Crippen molar-refractivity contribution in [3.8, 4) is 0 Å². The maximum absolute atomic E-state index is 12.8. The average Bonchev–Trinajstić information content (AvgIpc) is 3.43. The molecular formula is C23H18N2O5. The molecule has 0 saturated heterocycles. The Kier molecular flexibility index (Phi) is 5.17. The van der Waals surface area contributed by atoms with Gasteiger partial charge in [0.2, 0.25) is 5.78 Å². The molecule has 0 radical (unpaired) electrons. The first-order valence-corrected chi connectivity index (χ1v) is 9.30. The highest BCUT2D eigenvalue weighted by atomic mass is 16.5. The molecule has 0 aliphatic carbocycles. The van der Waals surface area contributed by atoms with Crippen LogP contribution < -0.4 is 5.32 Å². The molecule has 2 N–H and O–H groups in total. The summed E-state index contributed by atoms with van der Waals surface area (Å²) < 4.78 is 10.5. The predicted molar refractivity (Wildman–Crippen MR) is 111 cm³/mol. The number of para-hydroxylation sites is 2. The Hall–Kier alpha value is -4.13. The van der Waals surface area contributed by atoms with Gasteiger partial charge in [0, 0.05) is 22.7 Å². The summed E-state index contributed by atoms with van der Waals surface area (Å²) >= 11 is 0. The van der Waals surface area contributed by atoms with Gasteiger partial charge in [-0.15, -0.1) is 0 Å². The lowest BCUT2D eigenvalue weighted by Gasteiger charge is -2.14. The van der Waals surface area contributed by atoms with E-state index in [2.05, 4.69) is 10.3 Å². The van der Waals surface area contributed by atoms with Crippen LogP contribution in [0, 0.1) is 0 Å². The zero-order valence-corrected chi connectivity index (χ0v) is 16.0. The number of hydrogen-bond donors (Lipinski definition) is 2. The van der Waals surface area contributed by atoms with Gasteiger partial charge in [-0.25, -0.2) is 4.79 Å². The van der Waals surface area contributed by atoms with Crippen LogP contribution in [0.15, 0.2) is 77.5 Å². The van der Waals surface area contributed by atoms with Gasteiger partial charge >= 0.3 is 5.97 Å². The van der Waals surface area contributed by atoms with Crippen LogP contribution in [-0.2, 0) is 4.74 Å². The number of H-pyrrole nitrogens is 1. The number of carbonyl (C=O) groups excluding carboxylic acids is 3. The van der Waals surface area contributed by atoms with Crippen molar-refractivity contribution >= 4 is 34.3 Å². The number of hydrogen-bond acceptors (Lipinski definition) is 5. The minimum atomic E-state index is -1.01. The van der Waals surface area contributed by atoms with Crippen LogP contribution in [0.25, 0.3) is 10.9 Å². The van der Waals surface area contributed by atoms with E-state index >= 15 is 0 Å². The fourth-order valence-corrected chi connectivity index (χ4v) is 3.13. The Labute approximate surface area is 171 Å². The molecule has 7 nitrogen and oxygen atoms in total. The molecule has 7 heteroatoms. The second-order valence-electron chi connectivity index (χ2n) is 6.64. The molecule has 1 unspecified atom stereocenters. The number of anilines is 1. The van der Waals surface area contributed by atoms with Crippen LogP contribution in [-0.4, -0.2) is 28.7 Å². The first kappa shape index (κ1) is 19.2. The number of aromatic amines is 1. The molecule has 0 aliphatic rings. The van der Waals surface area contributed by atoms with Crippen LogP contribution in [0.2, 0.25) is 0 Å². The number of ether oxygens (including phenoxy) is 1. The number of benzene rings is 2. The van der Waals surface area contributed by atoms with Crippen LogP contribution in [0.3, 0.4) is 0 Å². The van der Waals surface area contributed by atoms with E-state index in [0.717, 1.165) is 10.9 Å². The summed E-state index contributed by atoms with van der Waals surface area (Å²) in [6, 6.07) is 16.9. The van der Waals surface area contributed by atoms with Gasteiger partial charge < -0.3 is 19.5 Å². The first-order valence-electron chi connectivity index (χ1n) is 9.30. The molecule has 150 valence electrons. The number of Topliss-reactive ketones (excluding diaryl/α,β-unsaturated/α-hetero) is 1. The third-order valence-corrected chi connectivity index (χ3v) is 4.65. The number of amides is 1. The smallest absolute Gasteiger partial charge is 0.340 e. The second kappa shape index (κ2) is 8.08. The Balaban J connectivity index is 1.51. The Morgan fingerprint density at radius 2 is 1.73 bits per heavy atom. The van der Waals surface area contributed by atoms with Gasteiger partial charge in [-0.3, -0.25) is 9.59 Å². The average molecular weight is 402 g/mol. The van der Waals surface area contributed by atoms with E-state index in [1.807, 2.05) is 24.3 Å². The fourth-order valence-electron chi connectivity index (χ4n) is 3.13. The van der Waals surface area contributed by atoms with E-state index in [1.54, 1.807) is 30.5 Å². The van der Waals surface area contributed by atoms with E-state index in [9.17, 15) is 14.4 Å². The molecule has 4 rings (SSSR count). The SMILES string of the molecule is CC(OC(=O)c1ccccc1NC(=O)c1ccco1)C(=O)c1c[nH]c2ccccc12. The summed E-state index contributed by atoms with van der Waals surface area (Å²) in [6.07, 6.45) is 1.98. The molecule has 0 aliphatic heterocycles. The second-order valence-corrected chi connectivity index (χ2v) is 6.64. The fraction of sp³-hybridized carbons (Fsp3) is 0.0870. The maximum atomic E-state index is 12.8. The van der Waals surface area contributed by atoms with E-state index in [0.29, 0.717) is 5.56 Å². The Bertz CT molecular complexity index is 1220. The summed E-state index contributed by atoms with van der Waals surface area (Å²) in [5, 5.41) is 3.39. The van der Waals surface area contributed by atoms with E-state index in [4.69, 9.17) is 9.15 Å². The van der Waals surface area contributed by atoms with Gasteiger partial charge in [0.25, 0.3) is 5.91 Å². The highest BCUT2D eigenvalue weighted by Crippen LogP contribution is 2.22. The zero-order chi connectivity index (χ0) is 21.1. The molecule has 2 aromatic carbocycles. The van der Waals surface area contributed by atoms with Crippen LogP contribution >= 0.6 is 0 Å².